The Morgan fingerprint density at radius 2 is 1.84 bits per heavy atom. The SMILES string of the molecule is NC(=O)c1ccc(-n2c(-c3ccc(-n4ccnc4)cc3)cc3sc(C(=O)O)cc32)c(F)c1. The number of fused-ring (bicyclic) bond motifs is 1. The number of carbonyl (C=O) groups is 2. The van der Waals surface area contributed by atoms with Gasteiger partial charge in [-0.3, -0.25) is 4.79 Å². The molecular formula is C23H15FN4O3S. The summed E-state index contributed by atoms with van der Waals surface area (Å²) in [5, 5.41) is 9.39. The Labute approximate surface area is 184 Å². The molecule has 3 N–H and O–H groups in total. The van der Waals surface area contributed by atoms with Crippen molar-refractivity contribution in [3.63, 3.8) is 0 Å². The van der Waals surface area contributed by atoms with Crippen LogP contribution in [0.5, 0.6) is 0 Å². The quantitative estimate of drug-likeness (QED) is 0.415. The summed E-state index contributed by atoms with van der Waals surface area (Å²) in [5.41, 5.74) is 8.49. The Balaban J connectivity index is 1.70. The van der Waals surface area contributed by atoms with E-state index in [2.05, 4.69) is 4.98 Å². The lowest BCUT2D eigenvalue weighted by Gasteiger charge is -2.13. The molecule has 0 fully saturated rings. The van der Waals surface area contributed by atoms with Crippen LogP contribution in [0.15, 0.2) is 73.3 Å². The Bertz CT molecular complexity index is 1480. The molecule has 0 saturated carbocycles. The molecule has 0 atom stereocenters. The van der Waals surface area contributed by atoms with Gasteiger partial charge < -0.3 is 20.0 Å². The first-order chi connectivity index (χ1) is 15.4. The zero-order valence-corrected chi connectivity index (χ0v) is 17.2. The maximum Gasteiger partial charge on any atom is 0.345 e. The third-order valence-electron chi connectivity index (χ3n) is 5.14. The Morgan fingerprint density at radius 3 is 2.47 bits per heavy atom. The second kappa shape index (κ2) is 7.47. The van der Waals surface area contributed by atoms with Crippen LogP contribution in [0.4, 0.5) is 4.39 Å². The van der Waals surface area contributed by atoms with E-state index in [0.717, 1.165) is 28.7 Å². The molecule has 0 radical (unpaired) electrons. The predicted molar refractivity (Wildman–Crippen MR) is 119 cm³/mol. The highest BCUT2D eigenvalue weighted by Gasteiger charge is 2.20. The van der Waals surface area contributed by atoms with Gasteiger partial charge in [0.15, 0.2) is 0 Å². The van der Waals surface area contributed by atoms with Gasteiger partial charge in [0.25, 0.3) is 0 Å². The fourth-order valence-corrected chi connectivity index (χ4v) is 4.55. The molecular weight excluding hydrogens is 431 g/mol. The van der Waals surface area contributed by atoms with E-state index in [4.69, 9.17) is 5.73 Å². The van der Waals surface area contributed by atoms with Crippen LogP contribution < -0.4 is 5.73 Å². The van der Waals surface area contributed by atoms with Crippen molar-refractivity contribution in [2.24, 2.45) is 5.73 Å². The predicted octanol–water partition coefficient (Wildman–Crippen LogP) is 4.48. The number of benzene rings is 2. The van der Waals surface area contributed by atoms with Gasteiger partial charge >= 0.3 is 5.97 Å². The second-order valence-corrected chi connectivity index (χ2v) is 8.16. The van der Waals surface area contributed by atoms with Crippen LogP contribution >= 0.6 is 11.3 Å². The van der Waals surface area contributed by atoms with Gasteiger partial charge in [0.1, 0.15) is 10.7 Å². The number of carboxylic acids is 1. The van der Waals surface area contributed by atoms with E-state index in [1.807, 2.05) is 41.1 Å². The first-order valence-electron chi connectivity index (χ1n) is 9.49. The number of hydrogen-bond donors (Lipinski definition) is 2. The molecule has 5 aromatic rings. The molecule has 3 aromatic heterocycles. The van der Waals surface area contributed by atoms with E-state index in [9.17, 15) is 14.7 Å². The van der Waals surface area contributed by atoms with Gasteiger partial charge in [0.05, 0.1) is 27.9 Å². The van der Waals surface area contributed by atoms with Gasteiger partial charge in [0, 0.05) is 23.6 Å². The molecule has 0 spiro atoms. The highest BCUT2D eigenvalue weighted by molar-refractivity contribution is 7.20. The van der Waals surface area contributed by atoms with Crippen molar-refractivity contribution in [3.05, 3.63) is 89.6 Å². The molecule has 5 rings (SSSR count). The Kier molecular flexibility index (Phi) is 4.60. The zero-order chi connectivity index (χ0) is 22.4. The molecule has 0 bridgehead atoms. The standard InChI is InChI=1S/C23H15FN4O3S/c24-16-9-14(22(25)29)3-6-17(16)28-18(10-20-19(28)11-21(32-20)23(30)31)13-1-4-15(5-2-13)27-8-7-26-12-27/h1-12H,(H2,25,29)(H,30,31). The molecule has 0 aliphatic heterocycles. The van der Waals surface area contributed by atoms with Crippen LogP contribution in [-0.4, -0.2) is 31.1 Å². The summed E-state index contributed by atoms with van der Waals surface area (Å²) >= 11 is 1.12. The minimum atomic E-state index is -1.05. The van der Waals surface area contributed by atoms with Crippen LogP contribution in [0.1, 0.15) is 20.0 Å². The normalized spacial score (nSPS) is 11.2. The number of aromatic carboxylic acids is 1. The lowest BCUT2D eigenvalue weighted by molar-refractivity contribution is 0.0702. The van der Waals surface area contributed by atoms with E-state index >= 15 is 4.39 Å². The third-order valence-corrected chi connectivity index (χ3v) is 6.20. The summed E-state index contributed by atoms with van der Waals surface area (Å²) in [5.74, 6) is -2.42. The largest absolute Gasteiger partial charge is 0.477 e. The summed E-state index contributed by atoms with van der Waals surface area (Å²) in [7, 11) is 0. The number of amides is 1. The van der Waals surface area contributed by atoms with Crippen molar-refractivity contribution >= 4 is 33.4 Å². The van der Waals surface area contributed by atoms with E-state index in [-0.39, 0.29) is 16.1 Å². The molecule has 1 amide bonds. The van der Waals surface area contributed by atoms with E-state index in [1.165, 1.54) is 18.2 Å². The number of carbonyl (C=O) groups excluding carboxylic acids is 1. The summed E-state index contributed by atoms with van der Waals surface area (Å²) in [6.07, 6.45) is 5.21. The highest BCUT2D eigenvalue weighted by Crippen LogP contribution is 2.37. The second-order valence-electron chi connectivity index (χ2n) is 7.08. The van der Waals surface area contributed by atoms with Crippen molar-refractivity contribution in [2.75, 3.05) is 0 Å². The van der Waals surface area contributed by atoms with Gasteiger partial charge in [-0.2, -0.15) is 0 Å². The summed E-state index contributed by atoms with van der Waals surface area (Å²) in [6, 6.07) is 15.0. The van der Waals surface area contributed by atoms with Crippen molar-refractivity contribution in [2.45, 2.75) is 0 Å². The molecule has 158 valence electrons. The summed E-state index contributed by atoms with van der Waals surface area (Å²) < 4.78 is 19.3. The minimum Gasteiger partial charge on any atom is -0.477 e. The number of nitrogens with zero attached hydrogens (tertiary/aromatic N) is 3. The average Bonchev–Trinajstić information content (AvgIpc) is 3.50. The Morgan fingerprint density at radius 1 is 1.06 bits per heavy atom. The average molecular weight is 446 g/mol. The molecule has 0 saturated heterocycles. The number of thiophene rings is 1. The number of nitrogens with two attached hydrogens (primary N) is 1. The Hall–Kier alpha value is -4.24. The summed E-state index contributed by atoms with van der Waals surface area (Å²) in [4.78, 5) is 27.1. The molecule has 32 heavy (non-hydrogen) atoms. The van der Waals surface area contributed by atoms with E-state index < -0.39 is 17.7 Å². The highest BCUT2D eigenvalue weighted by atomic mass is 32.1. The van der Waals surface area contributed by atoms with E-state index in [1.54, 1.807) is 17.1 Å². The van der Waals surface area contributed by atoms with Gasteiger partial charge in [-0.05, 0) is 48.0 Å². The number of primary amides is 1. The zero-order valence-electron chi connectivity index (χ0n) is 16.4. The molecule has 2 aromatic carbocycles. The minimum absolute atomic E-state index is 0.0532. The number of aromatic nitrogens is 3. The van der Waals surface area contributed by atoms with Crippen LogP contribution in [0, 0.1) is 5.82 Å². The molecule has 0 aliphatic rings. The lowest BCUT2D eigenvalue weighted by Crippen LogP contribution is -2.12. The first kappa shape index (κ1) is 19.7. The van der Waals surface area contributed by atoms with Gasteiger partial charge in [-0.15, -0.1) is 11.3 Å². The van der Waals surface area contributed by atoms with Crippen molar-refractivity contribution < 1.29 is 19.1 Å². The van der Waals surface area contributed by atoms with Crippen LogP contribution in [0.2, 0.25) is 0 Å². The number of halogens is 1. The van der Waals surface area contributed by atoms with Crippen LogP contribution in [0.25, 0.3) is 32.8 Å². The van der Waals surface area contributed by atoms with Gasteiger partial charge in [0.2, 0.25) is 5.91 Å². The van der Waals surface area contributed by atoms with Crippen LogP contribution in [0.3, 0.4) is 0 Å². The molecule has 0 unspecified atom stereocenters. The van der Waals surface area contributed by atoms with Gasteiger partial charge in [-0.1, -0.05) is 12.1 Å². The van der Waals surface area contributed by atoms with Gasteiger partial charge in [-0.25, -0.2) is 14.2 Å². The molecule has 9 heteroatoms. The number of rotatable bonds is 5. The third kappa shape index (κ3) is 3.25. The van der Waals surface area contributed by atoms with Crippen molar-refractivity contribution in [1.29, 1.82) is 0 Å². The first-order valence-corrected chi connectivity index (χ1v) is 10.3. The fourth-order valence-electron chi connectivity index (χ4n) is 3.63. The maximum atomic E-state index is 15.1. The molecule has 3 heterocycles. The monoisotopic (exact) mass is 446 g/mol. The van der Waals surface area contributed by atoms with E-state index in [0.29, 0.717) is 15.9 Å². The molecule has 0 aliphatic carbocycles. The van der Waals surface area contributed by atoms with Crippen LogP contribution in [-0.2, 0) is 0 Å². The van der Waals surface area contributed by atoms with Crippen molar-refractivity contribution in [3.8, 4) is 22.6 Å². The fraction of sp³-hybridized carbons (Fsp3) is 0. The number of carboxylic acid groups (broad SMARTS) is 1. The topological polar surface area (TPSA) is 103 Å². The lowest BCUT2D eigenvalue weighted by atomic mass is 10.1. The maximum absolute atomic E-state index is 15.1. The smallest absolute Gasteiger partial charge is 0.345 e. The van der Waals surface area contributed by atoms with Crippen molar-refractivity contribution in [1.82, 2.24) is 14.1 Å². The molecule has 7 nitrogen and oxygen atoms in total. The number of hydrogen-bond acceptors (Lipinski definition) is 4. The number of imidazole rings is 1. The summed E-state index contributed by atoms with van der Waals surface area (Å²) in [6.45, 7) is 0.